The van der Waals surface area contributed by atoms with Crippen molar-refractivity contribution < 1.29 is 4.79 Å². The molecule has 0 aliphatic rings. The van der Waals surface area contributed by atoms with Gasteiger partial charge < -0.3 is 9.47 Å². The lowest BCUT2D eigenvalue weighted by Gasteiger charge is -2.17. The fraction of sp³-hybridized carbons (Fsp3) is 0.545. The van der Waals surface area contributed by atoms with Gasteiger partial charge in [0.05, 0.1) is 6.42 Å². The maximum Gasteiger partial charge on any atom is 0.227 e. The first-order valence-electron chi connectivity index (χ1n) is 5.06. The van der Waals surface area contributed by atoms with Gasteiger partial charge in [0, 0.05) is 32.5 Å². The Morgan fingerprint density at radius 3 is 2.50 bits per heavy atom. The SMILES string of the molecule is CCN(CC)C(=O)Cc1ccn(C)c1. The highest BCUT2D eigenvalue weighted by Crippen LogP contribution is 2.03. The maximum atomic E-state index is 11.7. The predicted octanol–water partition coefficient (Wildman–Crippen LogP) is 1.44. The molecule has 0 N–H and O–H groups in total. The second-order valence-corrected chi connectivity index (χ2v) is 3.43. The lowest BCUT2D eigenvalue weighted by atomic mass is 10.2. The molecule has 0 aliphatic heterocycles. The van der Waals surface area contributed by atoms with E-state index in [4.69, 9.17) is 0 Å². The third-order valence-electron chi connectivity index (χ3n) is 2.36. The number of likely N-dealkylation sites (N-methyl/N-ethyl adjacent to an activating group) is 1. The number of carbonyl (C=O) groups excluding carboxylic acids is 1. The molecule has 0 spiro atoms. The summed E-state index contributed by atoms with van der Waals surface area (Å²) in [6.07, 6.45) is 4.47. The van der Waals surface area contributed by atoms with Crippen molar-refractivity contribution in [2.45, 2.75) is 20.3 Å². The van der Waals surface area contributed by atoms with Gasteiger partial charge in [-0.25, -0.2) is 0 Å². The minimum absolute atomic E-state index is 0.209. The van der Waals surface area contributed by atoms with Crippen LogP contribution >= 0.6 is 0 Å². The Balaban J connectivity index is 2.56. The Hall–Kier alpha value is -1.25. The summed E-state index contributed by atoms with van der Waals surface area (Å²) in [6.45, 7) is 5.60. The van der Waals surface area contributed by atoms with Crippen molar-refractivity contribution in [3.8, 4) is 0 Å². The molecule has 0 bridgehead atoms. The smallest absolute Gasteiger partial charge is 0.227 e. The Bertz CT molecular complexity index is 300. The van der Waals surface area contributed by atoms with Crippen LogP contribution in [0.5, 0.6) is 0 Å². The van der Waals surface area contributed by atoms with E-state index in [0.29, 0.717) is 6.42 Å². The summed E-state index contributed by atoms with van der Waals surface area (Å²) in [5, 5.41) is 0. The molecule has 0 unspecified atom stereocenters. The van der Waals surface area contributed by atoms with E-state index in [1.807, 2.05) is 48.8 Å². The molecule has 0 saturated carbocycles. The van der Waals surface area contributed by atoms with E-state index in [2.05, 4.69) is 0 Å². The fourth-order valence-electron chi connectivity index (χ4n) is 1.53. The summed E-state index contributed by atoms with van der Waals surface area (Å²) in [4.78, 5) is 13.6. The third kappa shape index (κ3) is 2.62. The summed E-state index contributed by atoms with van der Waals surface area (Å²) >= 11 is 0. The topological polar surface area (TPSA) is 25.2 Å². The van der Waals surface area contributed by atoms with E-state index in [1.165, 1.54) is 0 Å². The van der Waals surface area contributed by atoms with Gasteiger partial charge in [0.1, 0.15) is 0 Å². The number of rotatable bonds is 4. The number of hydrogen-bond donors (Lipinski definition) is 0. The van der Waals surface area contributed by atoms with Gasteiger partial charge in [-0.2, -0.15) is 0 Å². The molecule has 0 saturated heterocycles. The van der Waals surface area contributed by atoms with Gasteiger partial charge in [-0.1, -0.05) is 0 Å². The number of amides is 1. The zero-order chi connectivity index (χ0) is 10.6. The van der Waals surface area contributed by atoms with Crippen LogP contribution in [0.2, 0.25) is 0 Å². The highest BCUT2D eigenvalue weighted by molar-refractivity contribution is 5.78. The molecule has 0 aromatic carbocycles. The molecule has 14 heavy (non-hydrogen) atoms. The van der Waals surface area contributed by atoms with Gasteiger partial charge in [-0.05, 0) is 25.5 Å². The molecule has 1 amide bonds. The summed E-state index contributed by atoms with van der Waals surface area (Å²) in [5.41, 5.74) is 1.09. The normalized spacial score (nSPS) is 10.2. The van der Waals surface area contributed by atoms with Gasteiger partial charge >= 0.3 is 0 Å². The number of hydrogen-bond acceptors (Lipinski definition) is 1. The molecule has 0 radical (unpaired) electrons. The third-order valence-corrected chi connectivity index (χ3v) is 2.36. The minimum Gasteiger partial charge on any atom is -0.357 e. The van der Waals surface area contributed by atoms with Crippen LogP contribution in [0.25, 0.3) is 0 Å². The van der Waals surface area contributed by atoms with E-state index in [9.17, 15) is 4.79 Å². The Labute approximate surface area is 85.3 Å². The molecule has 1 heterocycles. The summed E-state index contributed by atoms with van der Waals surface area (Å²) in [5.74, 6) is 0.209. The van der Waals surface area contributed by atoms with Crippen molar-refractivity contribution in [1.82, 2.24) is 9.47 Å². The van der Waals surface area contributed by atoms with Crippen molar-refractivity contribution in [3.05, 3.63) is 24.0 Å². The largest absolute Gasteiger partial charge is 0.357 e. The molecule has 0 fully saturated rings. The molecule has 78 valence electrons. The molecule has 1 rings (SSSR count). The first kappa shape index (κ1) is 10.8. The van der Waals surface area contributed by atoms with Crippen molar-refractivity contribution in [3.63, 3.8) is 0 Å². The van der Waals surface area contributed by atoms with Crippen molar-refractivity contribution in [1.29, 1.82) is 0 Å². The molecule has 0 aliphatic carbocycles. The van der Waals surface area contributed by atoms with Crippen molar-refractivity contribution in [2.24, 2.45) is 7.05 Å². The van der Waals surface area contributed by atoms with E-state index in [0.717, 1.165) is 18.7 Å². The van der Waals surface area contributed by atoms with Crippen molar-refractivity contribution in [2.75, 3.05) is 13.1 Å². The second kappa shape index (κ2) is 4.84. The van der Waals surface area contributed by atoms with Gasteiger partial charge in [-0.15, -0.1) is 0 Å². The second-order valence-electron chi connectivity index (χ2n) is 3.43. The molecule has 3 nitrogen and oxygen atoms in total. The van der Waals surface area contributed by atoms with Crippen LogP contribution in [-0.2, 0) is 18.3 Å². The van der Waals surface area contributed by atoms with E-state index >= 15 is 0 Å². The fourth-order valence-corrected chi connectivity index (χ4v) is 1.53. The average Bonchev–Trinajstić information content (AvgIpc) is 2.53. The van der Waals surface area contributed by atoms with E-state index < -0.39 is 0 Å². The van der Waals surface area contributed by atoms with Gasteiger partial charge in [0.25, 0.3) is 0 Å². The summed E-state index contributed by atoms with van der Waals surface area (Å²) in [7, 11) is 1.96. The predicted molar refractivity (Wildman–Crippen MR) is 57.0 cm³/mol. The molecule has 1 aromatic rings. The quantitative estimate of drug-likeness (QED) is 0.712. The van der Waals surface area contributed by atoms with E-state index in [-0.39, 0.29) is 5.91 Å². The highest BCUT2D eigenvalue weighted by atomic mass is 16.2. The van der Waals surface area contributed by atoms with Gasteiger partial charge in [0.2, 0.25) is 5.91 Å². The molecule has 3 heteroatoms. The van der Waals surface area contributed by atoms with Crippen LogP contribution in [0.15, 0.2) is 18.5 Å². The number of aromatic nitrogens is 1. The number of nitrogens with zero attached hydrogens (tertiary/aromatic N) is 2. The molecule has 1 aromatic heterocycles. The highest BCUT2D eigenvalue weighted by Gasteiger charge is 2.10. The lowest BCUT2D eigenvalue weighted by molar-refractivity contribution is -0.130. The van der Waals surface area contributed by atoms with Gasteiger partial charge in [0.15, 0.2) is 0 Å². The average molecular weight is 194 g/mol. The first-order valence-corrected chi connectivity index (χ1v) is 5.06. The maximum absolute atomic E-state index is 11.7. The Kier molecular flexibility index (Phi) is 3.74. The Morgan fingerprint density at radius 2 is 2.07 bits per heavy atom. The van der Waals surface area contributed by atoms with Crippen LogP contribution < -0.4 is 0 Å². The lowest BCUT2D eigenvalue weighted by Crippen LogP contribution is -2.31. The summed E-state index contributed by atoms with van der Waals surface area (Å²) in [6, 6.07) is 1.99. The van der Waals surface area contributed by atoms with Crippen LogP contribution in [-0.4, -0.2) is 28.5 Å². The van der Waals surface area contributed by atoms with Crippen molar-refractivity contribution >= 4 is 5.91 Å². The molecular weight excluding hydrogens is 176 g/mol. The molecular formula is C11H18N2O. The van der Waals surface area contributed by atoms with Crippen LogP contribution in [0.1, 0.15) is 19.4 Å². The zero-order valence-corrected chi connectivity index (χ0v) is 9.16. The van der Waals surface area contributed by atoms with Crippen LogP contribution in [0, 0.1) is 0 Å². The zero-order valence-electron chi connectivity index (χ0n) is 9.16. The molecule has 0 atom stereocenters. The Morgan fingerprint density at radius 1 is 1.43 bits per heavy atom. The van der Waals surface area contributed by atoms with Crippen LogP contribution in [0.3, 0.4) is 0 Å². The monoisotopic (exact) mass is 194 g/mol. The van der Waals surface area contributed by atoms with Gasteiger partial charge in [-0.3, -0.25) is 4.79 Å². The number of carbonyl (C=O) groups is 1. The minimum atomic E-state index is 0.209. The van der Waals surface area contributed by atoms with Crippen LogP contribution in [0.4, 0.5) is 0 Å². The van der Waals surface area contributed by atoms with E-state index in [1.54, 1.807) is 0 Å². The number of aryl methyl sites for hydroxylation is 1. The standard InChI is InChI=1S/C11H18N2O/c1-4-13(5-2)11(14)8-10-6-7-12(3)9-10/h6-7,9H,4-5,8H2,1-3H3. The first-order chi connectivity index (χ1) is 6.67. The summed E-state index contributed by atoms with van der Waals surface area (Å²) < 4.78 is 1.96.